The molecule has 1 nitrogen and oxygen atoms in total. The Kier molecular flexibility index (Phi) is 3.29. The van der Waals surface area contributed by atoms with Gasteiger partial charge in [-0.05, 0) is 36.1 Å². The van der Waals surface area contributed by atoms with Crippen LogP contribution in [0, 0.1) is 0 Å². The summed E-state index contributed by atoms with van der Waals surface area (Å²) in [5.74, 6) is 0. The highest BCUT2D eigenvalue weighted by atomic mass is 14.5. The average Bonchev–Trinajstić information content (AvgIpc) is 2.32. The normalized spacial score (nSPS) is 11.2. The van der Waals surface area contributed by atoms with Crippen molar-refractivity contribution in [2.75, 3.05) is 6.54 Å². The summed E-state index contributed by atoms with van der Waals surface area (Å²) in [6.45, 7) is 0.676. The third-order valence-electron chi connectivity index (χ3n) is 2.70. The molecule has 2 N–H and O–H groups in total. The predicted molar refractivity (Wildman–Crippen MR) is 68.4 cm³/mol. The molecule has 0 aliphatic carbocycles. The van der Waals surface area contributed by atoms with Gasteiger partial charge in [-0.15, -0.1) is 0 Å². The Morgan fingerprint density at radius 3 is 2.44 bits per heavy atom. The van der Waals surface area contributed by atoms with E-state index in [1.807, 2.05) is 12.1 Å². The van der Waals surface area contributed by atoms with Crippen molar-refractivity contribution in [3.8, 4) is 0 Å². The average molecular weight is 212 g/mol. The molecule has 0 fully saturated rings. The van der Waals surface area contributed by atoms with Gasteiger partial charge in [-0.2, -0.15) is 0 Å². The van der Waals surface area contributed by atoms with E-state index in [9.17, 15) is 0 Å². The fraction of sp³-hybridized carbons (Fsp3) is 0.200. The molecule has 2 aromatic rings. The first-order valence-corrected chi connectivity index (χ1v) is 5.62. The molecule has 0 heterocycles. The number of nitrogens with two attached hydrogens (primary N) is 1. The summed E-state index contributed by atoms with van der Waals surface area (Å²) >= 11 is 0. The van der Waals surface area contributed by atoms with Gasteiger partial charge in [0.2, 0.25) is 0 Å². The number of benzene rings is 2. The van der Waals surface area contributed by atoms with E-state index in [1.54, 1.807) is 6.07 Å². The molecule has 0 aliphatic rings. The van der Waals surface area contributed by atoms with E-state index < -0.39 is 0 Å². The van der Waals surface area contributed by atoms with Gasteiger partial charge in [0.15, 0.2) is 0 Å². The number of hydrogen-bond acceptors (Lipinski definition) is 1. The van der Waals surface area contributed by atoms with Gasteiger partial charge in [-0.3, -0.25) is 0 Å². The van der Waals surface area contributed by atoms with Crippen LogP contribution in [0.25, 0.3) is 0 Å². The third kappa shape index (κ3) is 2.71. The molecule has 0 unspecified atom stereocenters. The van der Waals surface area contributed by atoms with Crippen LogP contribution in [0.2, 0.25) is 0 Å². The molecule has 1 heteroatoms. The second-order valence-corrected chi connectivity index (χ2v) is 3.90. The molecule has 0 spiro atoms. The van der Waals surface area contributed by atoms with Crippen LogP contribution < -0.4 is 5.73 Å². The lowest BCUT2D eigenvalue weighted by atomic mass is 9.98. The van der Waals surface area contributed by atoms with Gasteiger partial charge in [0.1, 0.15) is 0 Å². The highest BCUT2D eigenvalue weighted by molar-refractivity contribution is 5.32. The molecule has 0 saturated heterocycles. The quantitative estimate of drug-likeness (QED) is 0.828. The summed E-state index contributed by atoms with van der Waals surface area (Å²) in [4.78, 5) is 0. The fourth-order valence-corrected chi connectivity index (χ4v) is 1.89. The van der Waals surface area contributed by atoms with Gasteiger partial charge in [0.05, 0.1) is 1.37 Å². The molecular formula is C15H17N. The molecular weight excluding hydrogens is 194 g/mol. The van der Waals surface area contributed by atoms with Gasteiger partial charge in [-0.25, -0.2) is 0 Å². The summed E-state index contributed by atoms with van der Waals surface area (Å²) in [5.41, 5.74) is 9.42. The molecule has 0 saturated carbocycles. The van der Waals surface area contributed by atoms with Crippen LogP contribution in [0.15, 0.2) is 54.6 Å². The molecule has 0 aromatic heterocycles. The van der Waals surface area contributed by atoms with Crippen molar-refractivity contribution < 1.29 is 1.37 Å². The predicted octanol–water partition coefficient (Wildman–Crippen LogP) is 2.78. The van der Waals surface area contributed by atoms with Crippen LogP contribution in [0.4, 0.5) is 0 Å². The van der Waals surface area contributed by atoms with Crippen molar-refractivity contribution in [3.63, 3.8) is 0 Å². The molecule has 0 amide bonds. The number of rotatable bonds is 4. The van der Waals surface area contributed by atoms with Crippen LogP contribution in [0.3, 0.4) is 0 Å². The molecule has 2 rings (SSSR count). The summed E-state index contributed by atoms with van der Waals surface area (Å²) in [7, 11) is 0. The summed E-state index contributed by atoms with van der Waals surface area (Å²) in [6, 6.07) is 16.7. The smallest absolute Gasteiger partial charge is 0.0623 e. The van der Waals surface area contributed by atoms with Crippen molar-refractivity contribution in [3.05, 3.63) is 71.3 Å². The topological polar surface area (TPSA) is 26.0 Å². The zero-order valence-corrected chi connectivity index (χ0v) is 9.32. The molecule has 16 heavy (non-hydrogen) atoms. The maximum atomic E-state index is 7.62. The molecule has 2 aromatic carbocycles. The first-order chi connectivity index (χ1) is 8.29. The van der Waals surface area contributed by atoms with Crippen LogP contribution in [-0.2, 0) is 12.8 Å². The Hall–Kier alpha value is -1.60. The van der Waals surface area contributed by atoms with Gasteiger partial charge < -0.3 is 5.73 Å². The molecule has 0 atom stereocenters. The Bertz CT molecular complexity index is 494. The van der Waals surface area contributed by atoms with Crippen molar-refractivity contribution >= 4 is 0 Å². The highest BCUT2D eigenvalue weighted by Gasteiger charge is 2.01. The van der Waals surface area contributed by atoms with Gasteiger partial charge in [0.25, 0.3) is 0 Å². The lowest BCUT2D eigenvalue weighted by Gasteiger charge is -2.08. The van der Waals surface area contributed by atoms with Crippen molar-refractivity contribution in [2.45, 2.75) is 12.8 Å². The first kappa shape index (κ1) is 9.61. The monoisotopic (exact) mass is 212 g/mol. The minimum atomic E-state index is 0.568. The number of hydrogen-bond donors (Lipinski definition) is 1. The Labute approximate surface area is 98.3 Å². The van der Waals surface area contributed by atoms with Crippen LogP contribution >= 0.6 is 0 Å². The van der Waals surface area contributed by atoms with Crippen LogP contribution in [0.1, 0.15) is 18.1 Å². The van der Waals surface area contributed by atoms with E-state index in [1.165, 1.54) is 16.7 Å². The van der Waals surface area contributed by atoms with Gasteiger partial charge in [-0.1, -0.05) is 54.6 Å². The van der Waals surface area contributed by atoms with Crippen molar-refractivity contribution in [1.29, 1.82) is 0 Å². The van der Waals surface area contributed by atoms with E-state index in [0.717, 1.165) is 12.8 Å². The molecule has 0 aliphatic heterocycles. The maximum absolute atomic E-state index is 7.62. The van der Waals surface area contributed by atoms with Crippen molar-refractivity contribution in [1.82, 2.24) is 0 Å². The third-order valence-corrected chi connectivity index (χ3v) is 2.70. The lowest BCUT2D eigenvalue weighted by molar-refractivity contribution is 0.946. The highest BCUT2D eigenvalue weighted by Crippen LogP contribution is 2.14. The van der Waals surface area contributed by atoms with E-state index >= 15 is 0 Å². The minimum Gasteiger partial charge on any atom is -0.330 e. The van der Waals surface area contributed by atoms with E-state index in [0.29, 0.717) is 12.6 Å². The van der Waals surface area contributed by atoms with Crippen LogP contribution in [-0.4, -0.2) is 6.54 Å². The van der Waals surface area contributed by atoms with Crippen LogP contribution in [0.5, 0.6) is 0 Å². The fourth-order valence-electron chi connectivity index (χ4n) is 1.89. The SMILES string of the molecule is [2H]c1cccc(Cc2ccccc2CCN)c1. The zero-order valence-electron chi connectivity index (χ0n) is 10.3. The van der Waals surface area contributed by atoms with E-state index in [4.69, 9.17) is 7.10 Å². The summed E-state index contributed by atoms with van der Waals surface area (Å²) in [6.07, 6.45) is 1.79. The van der Waals surface area contributed by atoms with Gasteiger partial charge in [0, 0.05) is 0 Å². The van der Waals surface area contributed by atoms with E-state index in [2.05, 4.69) is 30.3 Å². The zero-order chi connectivity index (χ0) is 12.1. The maximum Gasteiger partial charge on any atom is 0.0623 e. The van der Waals surface area contributed by atoms with Gasteiger partial charge >= 0.3 is 0 Å². The lowest BCUT2D eigenvalue weighted by Crippen LogP contribution is -2.05. The minimum absolute atomic E-state index is 0.568. The standard InChI is InChI=1S/C15H17N/c16-11-10-14-8-4-5-9-15(14)12-13-6-2-1-3-7-13/h1-9H,10-12,16H2/i2D. The Morgan fingerprint density at radius 1 is 0.938 bits per heavy atom. The summed E-state index contributed by atoms with van der Waals surface area (Å²) in [5, 5.41) is 0. The molecule has 82 valence electrons. The van der Waals surface area contributed by atoms with E-state index in [-0.39, 0.29) is 0 Å². The largest absolute Gasteiger partial charge is 0.330 e. The second kappa shape index (κ2) is 5.47. The summed E-state index contributed by atoms with van der Waals surface area (Å²) < 4.78 is 7.62. The Morgan fingerprint density at radius 2 is 1.69 bits per heavy atom. The first-order valence-electron chi connectivity index (χ1n) is 6.12. The van der Waals surface area contributed by atoms with Crippen molar-refractivity contribution in [2.24, 2.45) is 5.73 Å². The molecule has 0 bridgehead atoms. The second-order valence-electron chi connectivity index (χ2n) is 3.90. The molecule has 0 radical (unpaired) electrons. The Balaban J connectivity index is 2.23.